The molecule has 1 aromatic rings. The van der Waals surface area contributed by atoms with Crippen LogP contribution < -0.4 is 10.1 Å². The highest BCUT2D eigenvalue weighted by atomic mass is 79.9. The molecule has 1 rings (SSSR count). The van der Waals surface area contributed by atoms with Crippen LogP contribution in [0.2, 0.25) is 5.02 Å². The second-order valence-corrected chi connectivity index (χ2v) is 5.70. The summed E-state index contributed by atoms with van der Waals surface area (Å²) in [4.78, 5) is 11.7. The number of ether oxygens (including phenoxy) is 1. The lowest BCUT2D eigenvalue weighted by Crippen LogP contribution is -2.40. The molecule has 2 N–H and O–H groups in total. The van der Waals surface area contributed by atoms with Crippen LogP contribution in [0.15, 0.2) is 22.7 Å². The van der Waals surface area contributed by atoms with E-state index < -0.39 is 0 Å². The molecule has 0 heterocycles. The minimum absolute atomic E-state index is 0.000202. The van der Waals surface area contributed by atoms with Crippen molar-refractivity contribution in [2.75, 3.05) is 13.2 Å². The first-order valence-corrected chi connectivity index (χ1v) is 7.09. The number of carbonyl (C=O) groups excluding carboxylic acids is 1. The van der Waals surface area contributed by atoms with Gasteiger partial charge in [0.05, 0.1) is 5.02 Å². The van der Waals surface area contributed by atoms with E-state index in [1.807, 2.05) is 13.8 Å². The van der Waals surface area contributed by atoms with E-state index in [1.165, 1.54) is 0 Å². The van der Waals surface area contributed by atoms with Crippen LogP contribution in [0.1, 0.15) is 13.8 Å². The lowest BCUT2D eigenvalue weighted by Gasteiger charge is -2.19. The van der Waals surface area contributed by atoms with Crippen molar-refractivity contribution in [2.24, 2.45) is 5.92 Å². The van der Waals surface area contributed by atoms with E-state index in [0.29, 0.717) is 10.8 Å². The van der Waals surface area contributed by atoms with E-state index in [1.54, 1.807) is 18.2 Å². The molecule has 1 aromatic carbocycles. The summed E-state index contributed by atoms with van der Waals surface area (Å²) in [6, 6.07) is 5.07. The van der Waals surface area contributed by atoms with Crippen LogP contribution in [-0.2, 0) is 4.79 Å². The molecular weight excluding hydrogens is 334 g/mol. The fourth-order valence-electron chi connectivity index (χ4n) is 1.33. The van der Waals surface area contributed by atoms with Crippen LogP contribution in [0.25, 0.3) is 0 Å². The summed E-state index contributed by atoms with van der Waals surface area (Å²) in [6.07, 6.45) is 0. The van der Waals surface area contributed by atoms with E-state index in [-0.39, 0.29) is 31.1 Å². The molecule has 0 aliphatic heterocycles. The summed E-state index contributed by atoms with van der Waals surface area (Å²) in [5.41, 5.74) is 0. The quantitative estimate of drug-likeness (QED) is 0.829. The van der Waals surface area contributed by atoms with Crippen molar-refractivity contribution >= 4 is 33.4 Å². The Morgan fingerprint density at radius 3 is 2.79 bits per heavy atom. The molecule has 0 saturated carbocycles. The van der Waals surface area contributed by atoms with Crippen molar-refractivity contribution in [3.8, 4) is 5.75 Å². The van der Waals surface area contributed by atoms with Crippen molar-refractivity contribution in [2.45, 2.75) is 19.9 Å². The van der Waals surface area contributed by atoms with Gasteiger partial charge in [-0.25, -0.2) is 0 Å². The monoisotopic (exact) mass is 349 g/mol. The van der Waals surface area contributed by atoms with Crippen molar-refractivity contribution in [1.29, 1.82) is 0 Å². The fourth-order valence-corrected chi connectivity index (χ4v) is 2.06. The average Bonchev–Trinajstić information content (AvgIpc) is 2.36. The topological polar surface area (TPSA) is 58.6 Å². The molecule has 0 aliphatic carbocycles. The number of rotatable bonds is 6. The van der Waals surface area contributed by atoms with Gasteiger partial charge in [0.2, 0.25) is 0 Å². The molecule has 1 amide bonds. The third-order valence-corrected chi connectivity index (χ3v) is 3.57. The Bertz CT molecular complexity index is 442. The molecule has 2 unspecified atom stereocenters. The molecule has 106 valence electrons. The number of amides is 1. The number of hydrogen-bond acceptors (Lipinski definition) is 3. The molecule has 0 saturated heterocycles. The first-order valence-electron chi connectivity index (χ1n) is 5.92. The molecule has 19 heavy (non-hydrogen) atoms. The van der Waals surface area contributed by atoms with Crippen LogP contribution in [0.5, 0.6) is 5.75 Å². The van der Waals surface area contributed by atoms with Gasteiger partial charge in [0.15, 0.2) is 6.61 Å². The van der Waals surface area contributed by atoms with Gasteiger partial charge in [-0.15, -0.1) is 0 Å². The largest absolute Gasteiger partial charge is 0.482 e. The summed E-state index contributed by atoms with van der Waals surface area (Å²) < 4.78 is 6.19. The minimum atomic E-state index is -0.244. The maximum atomic E-state index is 11.7. The standard InChI is InChI=1S/C13H17BrClNO3/c1-8(6-17)9(2)16-13(18)7-19-12-4-3-10(14)5-11(12)15/h3-5,8-9,17H,6-7H2,1-2H3,(H,16,18). The highest BCUT2D eigenvalue weighted by Crippen LogP contribution is 2.27. The van der Waals surface area contributed by atoms with E-state index in [4.69, 9.17) is 21.4 Å². The van der Waals surface area contributed by atoms with Crippen LogP contribution in [0.3, 0.4) is 0 Å². The van der Waals surface area contributed by atoms with Gasteiger partial charge in [-0.05, 0) is 31.0 Å². The lowest BCUT2D eigenvalue weighted by molar-refractivity contribution is -0.124. The smallest absolute Gasteiger partial charge is 0.258 e. The summed E-state index contributed by atoms with van der Waals surface area (Å²) in [5, 5.41) is 12.2. The van der Waals surface area contributed by atoms with Gasteiger partial charge in [0, 0.05) is 17.1 Å². The zero-order valence-corrected chi connectivity index (χ0v) is 13.2. The van der Waals surface area contributed by atoms with Crippen LogP contribution in [0, 0.1) is 5.92 Å². The molecule has 0 bridgehead atoms. The van der Waals surface area contributed by atoms with Crippen molar-refractivity contribution in [3.05, 3.63) is 27.7 Å². The average molecular weight is 351 g/mol. The third-order valence-electron chi connectivity index (χ3n) is 2.78. The van der Waals surface area contributed by atoms with Gasteiger partial charge in [-0.1, -0.05) is 34.5 Å². The Morgan fingerprint density at radius 1 is 1.53 bits per heavy atom. The van der Waals surface area contributed by atoms with Gasteiger partial charge in [0.1, 0.15) is 5.75 Å². The number of benzene rings is 1. The van der Waals surface area contributed by atoms with Crippen molar-refractivity contribution in [3.63, 3.8) is 0 Å². The van der Waals surface area contributed by atoms with Gasteiger partial charge < -0.3 is 15.2 Å². The van der Waals surface area contributed by atoms with E-state index in [0.717, 1.165) is 4.47 Å². The first-order chi connectivity index (χ1) is 8.93. The number of nitrogens with one attached hydrogen (secondary N) is 1. The zero-order valence-electron chi connectivity index (χ0n) is 10.8. The zero-order chi connectivity index (χ0) is 14.4. The van der Waals surface area contributed by atoms with Crippen LogP contribution in [0.4, 0.5) is 0 Å². The van der Waals surface area contributed by atoms with E-state index >= 15 is 0 Å². The van der Waals surface area contributed by atoms with Crippen LogP contribution in [-0.4, -0.2) is 30.3 Å². The number of halogens is 2. The van der Waals surface area contributed by atoms with Gasteiger partial charge in [0.25, 0.3) is 5.91 Å². The Balaban J connectivity index is 2.46. The number of aliphatic hydroxyl groups excluding tert-OH is 1. The highest BCUT2D eigenvalue weighted by molar-refractivity contribution is 9.10. The van der Waals surface area contributed by atoms with E-state index in [2.05, 4.69) is 21.2 Å². The normalized spacial score (nSPS) is 13.7. The van der Waals surface area contributed by atoms with Crippen LogP contribution >= 0.6 is 27.5 Å². The van der Waals surface area contributed by atoms with Gasteiger partial charge in [-0.2, -0.15) is 0 Å². The first kappa shape index (κ1) is 16.3. The molecule has 4 nitrogen and oxygen atoms in total. The summed E-state index contributed by atoms with van der Waals surface area (Å²) in [5.74, 6) is 0.217. The predicted octanol–water partition coefficient (Wildman–Crippen LogP) is 2.61. The fraction of sp³-hybridized carbons (Fsp3) is 0.462. The van der Waals surface area contributed by atoms with E-state index in [9.17, 15) is 4.79 Å². The summed E-state index contributed by atoms with van der Waals surface area (Å²) in [6.45, 7) is 3.62. The third kappa shape index (κ3) is 5.38. The van der Waals surface area contributed by atoms with Crippen molar-refractivity contribution in [1.82, 2.24) is 5.32 Å². The Morgan fingerprint density at radius 2 is 2.21 bits per heavy atom. The SMILES string of the molecule is CC(CO)C(C)NC(=O)COc1ccc(Br)cc1Cl. The molecule has 0 aromatic heterocycles. The Hall–Kier alpha value is -0.780. The summed E-state index contributed by atoms with van der Waals surface area (Å²) >= 11 is 9.26. The Labute approximate surface area is 126 Å². The molecule has 0 spiro atoms. The molecular formula is C13H17BrClNO3. The minimum Gasteiger partial charge on any atom is -0.482 e. The van der Waals surface area contributed by atoms with Gasteiger partial charge >= 0.3 is 0 Å². The number of carbonyl (C=O) groups is 1. The molecule has 0 radical (unpaired) electrons. The molecule has 2 atom stereocenters. The molecule has 0 fully saturated rings. The maximum absolute atomic E-state index is 11.7. The Kier molecular flexibility index (Phi) is 6.62. The van der Waals surface area contributed by atoms with Gasteiger partial charge in [-0.3, -0.25) is 4.79 Å². The second-order valence-electron chi connectivity index (χ2n) is 4.38. The number of hydrogen-bond donors (Lipinski definition) is 2. The maximum Gasteiger partial charge on any atom is 0.258 e. The molecule has 0 aliphatic rings. The highest BCUT2D eigenvalue weighted by Gasteiger charge is 2.14. The second kappa shape index (κ2) is 7.72. The van der Waals surface area contributed by atoms with Crippen molar-refractivity contribution < 1.29 is 14.6 Å². The predicted molar refractivity (Wildman–Crippen MR) is 78.5 cm³/mol. The molecule has 6 heteroatoms. The number of aliphatic hydroxyl groups is 1. The summed E-state index contributed by atoms with van der Waals surface area (Å²) in [7, 11) is 0. The lowest BCUT2D eigenvalue weighted by atomic mass is 10.1.